The van der Waals surface area contributed by atoms with Gasteiger partial charge in [0.1, 0.15) is 17.6 Å². The molecule has 0 amide bonds. The smallest absolute Gasteiger partial charge is 0.338 e. The Balaban J connectivity index is 1.55. The SMILES string of the molecule is CCOC(=O)c1cccc(-c2ccc(/C=C(\C#N)Sc3nc4ccccc4s3)o2)c1. The molecule has 0 fully saturated rings. The standard InChI is InChI=1S/C23H16N2O3S2/c1-2-27-22(26)16-7-5-6-15(12-16)20-11-10-17(28-20)13-18(14-24)29-23-25-19-8-3-4-9-21(19)30-23/h3-13H,2H2,1H3/b18-13+. The Kier molecular flexibility index (Phi) is 5.98. The predicted molar refractivity (Wildman–Crippen MR) is 119 cm³/mol. The Morgan fingerprint density at radius 3 is 2.90 bits per heavy atom. The Hall–Kier alpha value is -3.34. The number of furan rings is 1. The van der Waals surface area contributed by atoms with E-state index in [9.17, 15) is 10.1 Å². The number of aromatic nitrogens is 1. The Morgan fingerprint density at radius 2 is 2.10 bits per heavy atom. The maximum Gasteiger partial charge on any atom is 0.338 e. The molecule has 2 aromatic carbocycles. The summed E-state index contributed by atoms with van der Waals surface area (Å²) in [7, 11) is 0. The van der Waals surface area contributed by atoms with E-state index in [0.29, 0.717) is 28.6 Å². The number of nitrogens with zero attached hydrogens (tertiary/aromatic N) is 2. The second-order valence-corrected chi connectivity index (χ2v) is 8.49. The number of thioether (sulfide) groups is 1. The average molecular weight is 433 g/mol. The van der Waals surface area contributed by atoms with Gasteiger partial charge in [-0.1, -0.05) is 24.3 Å². The summed E-state index contributed by atoms with van der Waals surface area (Å²) < 4.78 is 12.8. The molecule has 0 aliphatic carbocycles. The Labute approximate surface area is 181 Å². The monoisotopic (exact) mass is 432 g/mol. The fourth-order valence-electron chi connectivity index (χ4n) is 2.80. The zero-order chi connectivity index (χ0) is 20.9. The first-order valence-corrected chi connectivity index (χ1v) is 10.8. The highest BCUT2D eigenvalue weighted by Gasteiger charge is 2.11. The molecule has 0 aliphatic heterocycles. The topological polar surface area (TPSA) is 76.1 Å². The van der Waals surface area contributed by atoms with Crippen molar-refractivity contribution >= 4 is 45.4 Å². The summed E-state index contributed by atoms with van der Waals surface area (Å²) in [5.41, 5.74) is 2.15. The van der Waals surface area contributed by atoms with Crippen LogP contribution in [0.5, 0.6) is 0 Å². The molecule has 4 aromatic rings. The molecule has 30 heavy (non-hydrogen) atoms. The van der Waals surface area contributed by atoms with Crippen LogP contribution in [0, 0.1) is 11.3 Å². The van der Waals surface area contributed by atoms with Crippen LogP contribution in [0.25, 0.3) is 27.6 Å². The molecule has 0 bridgehead atoms. The molecule has 0 unspecified atom stereocenters. The van der Waals surface area contributed by atoms with Crippen molar-refractivity contribution in [2.75, 3.05) is 6.61 Å². The van der Waals surface area contributed by atoms with Gasteiger partial charge in [-0.25, -0.2) is 9.78 Å². The second-order valence-electron chi connectivity index (χ2n) is 6.17. The highest BCUT2D eigenvalue weighted by atomic mass is 32.2. The summed E-state index contributed by atoms with van der Waals surface area (Å²) in [4.78, 5) is 17.0. The van der Waals surface area contributed by atoms with Crippen molar-refractivity contribution in [3.63, 3.8) is 0 Å². The van der Waals surface area contributed by atoms with Crippen LogP contribution >= 0.6 is 23.1 Å². The molecule has 2 aromatic heterocycles. The van der Waals surface area contributed by atoms with E-state index in [2.05, 4.69) is 11.1 Å². The quantitative estimate of drug-likeness (QED) is 0.200. The minimum Gasteiger partial charge on any atom is -0.462 e. The van der Waals surface area contributed by atoms with Crippen LogP contribution < -0.4 is 0 Å². The molecule has 5 nitrogen and oxygen atoms in total. The molecule has 7 heteroatoms. The van der Waals surface area contributed by atoms with Gasteiger partial charge in [0.15, 0.2) is 4.34 Å². The largest absolute Gasteiger partial charge is 0.462 e. The number of thiazole rings is 1. The van der Waals surface area contributed by atoms with Crippen molar-refractivity contribution < 1.29 is 13.9 Å². The number of nitriles is 1. The lowest BCUT2D eigenvalue weighted by Gasteiger charge is -2.03. The first kappa shape index (κ1) is 20.0. The van der Waals surface area contributed by atoms with Crippen molar-refractivity contribution in [1.82, 2.24) is 4.98 Å². The molecule has 4 rings (SSSR count). The lowest BCUT2D eigenvalue weighted by molar-refractivity contribution is 0.0526. The molecule has 0 saturated carbocycles. The first-order chi connectivity index (χ1) is 14.7. The number of esters is 1. The highest BCUT2D eigenvalue weighted by molar-refractivity contribution is 8.05. The van der Waals surface area contributed by atoms with Crippen LogP contribution in [0.4, 0.5) is 0 Å². The lowest BCUT2D eigenvalue weighted by Crippen LogP contribution is -2.04. The number of hydrogen-bond donors (Lipinski definition) is 0. The summed E-state index contributed by atoms with van der Waals surface area (Å²) in [5.74, 6) is 0.788. The van der Waals surface area contributed by atoms with Gasteiger partial charge in [-0.2, -0.15) is 5.26 Å². The predicted octanol–water partition coefficient (Wildman–Crippen LogP) is 6.39. The molecule has 148 valence electrons. The summed E-state index contributed by atoms with van der Waals surface area (Å²) >= 11 is 2.86. The Bertz CT molecular complexity index is 1250. The maximum absolute atomic E-state index is 11.9. The summed E-state index contributed by atoms with van der Waals surface area (Å²) in [5, 5.41) is 9.54. The number of hydrogen-bond acceptors (Lipinski definition) is 7. The molecular weight excluding hydrogens is 416 g/mol. The third kappa shape index (κ3) is 4.46. The second kappa shape index (κ2) is 8.99. The van der Waals surface area contributed by atoms with Crippen molar-refractivity contribution in [2.24, 2.45) is 0 Å². The zero-order valence-electron chi connectivity index (χ0n) is 16.0. The van der Waals surface area contributed by atoms with Crippen LogP contribution in [-0.4, -0.2) is 17.6 Å². The van der Waals surface area contributed by atoms with Crippen LogP contribution in [0.3, 0.4) is 0 Å². The van der Waals surface area contributed by atoms with Crippen LogP contribution in [-0.2, 0) is 4.74 Å². The minimum atomic E-state index is -0.370. The zero-order valence-corrected chi connectivity index (χ0v) is 17.6. The molecule has 0 radical (unpaired) electrons. The van der Waals surface area contributed by atoms with Gasteiger partial charge < -0.3 is 9.15 Å². The van der Waals surface area contributed by atoms with Gasteiger partial charge >= 0.3 is 5.97 Å². The Morgan fingerprint density at radius 1 is 1.23 bits per heavy atom. The highest BCUT2D eigenvalue weighted by Crippen LogP contribution is 2.35. The number of allylic oxidation sites excluding steroid dienone is 1. The molecule has 0 N–H and O–H groups in total. The summed E-state index contributed by atoms with van der Waals surface area (Å²) in [6.45, 7) is 2.09. The van der Waals surface area contributed by atoms with Crippen molar-refractivity contribution in [2.45, 2.75) is 11.3 Å². The number of benzene rings is 2. The van der Waals surface area contributed by atoms with E-state index < -0.39 is 0 Å². The van der Waals surface area contributed by atoms with E-state index in [4.69, 9.17) is 9.15 Å². The summed E-state index contributed by atoms with van der Waals surface area (Å²) in [6.07, 6.45) is 1.69. The fourth-order valence-corrected chi connectivity index (χ4v) is 4.76. The number of rotatable bonds is 6. The van der Waals surface area contributed by atoms with Crippen LogP contribution in [0.2, 0.25) is 0 Å². The molecular formula is C23H16N2O3S2. The summed E-state index contributed by atoms with van der Waals surface area (Å²) in [6, 6.07) is 20.8. The lowest BCUT2D eigenvalue weighted by atomic mass is 10.1. The minimum absolute atomic E-state index is 0.321. The average Bonchev–Trinajstić information content (AvgIpc) is 3.40. The number of para-hydroxylation sites is 1. The van der Waals surface area contributed by atoms with E-state index in [1.165, 1.54) is 11.8 Å². The van der Waals surface area contributed by atoms with Gasteiger partial charge in [0, 0.05) is 11.6 Å². The van der Waals surface area contributed by atoms with E-state index in [1.807, 2.05) is 36.4 Å². The molecule has 2 heterocycles. The molecule has 0 saturated heterocycles. The molecule has 0 atom stereocenters. The van der Waals surface area contributed by atoms with Crippen molar-refractivity contribution in [3.05, 3.63) is 76.9 Å². The van der Waals surface area contributed by atoms with E-state index >= 15 is 0 Å². The number of carbonyl (C=O) groups excluding carboxylic acids is 1. The molecule has 0 aliphatic rings. The van der Waals surface area contributed by atoms with Crippen molar-refractivity contribution in [1.29, 1.82) is 5.26 Å². The first-order valence-electron chi connectivity index (χ1n) is 9.19. The van der Waals surface area contributed by atoms with E-state index in [0.717, 1.165) is 20.1 Å². The van der Waals surface area contributed by atoms with Crippen LogP contribution in [0.1, 0.15) is 23.0 Å². The van der Waals surface area contributed by atoms with Gasteiger partial charge in [-0.3, -0.25) is 0 Å². The maximum atomic E-state index is 11.9. The molecule has 0 spiro atoms. The number of fused-ring (bicyclic) bond motifs is 1. The van der Waals surface area contributed by atoms with Gasteiger partial charge in [-0.15, -0.1) is 11.3 Å². The fraction of sp³-hybridized carbons (Fsp3) is 0.0870. The van der Waals surface area contributed by atoms with Gasteiger partial charge in [-0.05, 0) is 55.1 Å². The van der Waals surface area contributed by atoms with Crippen LogP contribution in [0.15, 0.2) is 74.3 Å². The number of ether oxygens (including phenoxy) is 1. The van der Waals surface area contributed by atoms with E-state index in [1.54, 1.807) is 48.6 Å². The van der Waals surface area contributed by atoms with Crippen molar-refractivity contribution in [3.8, 4) is 17.4 Å². The van der Waals surface area contributed by atoms with Gasteiger partial charge in [0.05, 0.1) is 27.3 Å². The third-order valence-electron chi connectivity index (χ3n) is 4.14. The van der Waals surface area contributed by atoms with Gasteiger partial charge in [0.2, 0.25) is 0 Å². The number of carbonyl (C=O) groups is 1. The third-order valence-corrected chi connectivity index (χ3v) is 6.17. The van der Waals surface area contributed by atoms with E-state index in [-0.39, 0.29) is 5.97 Å². The van der Waals surface area contributed by atoms with Gasteiger partial charge in [0.25, 0.3) is 0 Å². The normalized spacial score (nSPS) is 11.4.